The Morgan fingerprint density at radius 2 is 2.07 bits per heavy atom. The maximum Gasteiger partial charge on any atom is 0.509 e. The Kier molecular flexibility index (Phi) is 6.36. The molecule has 1 aliphatic rings. The summed E-state index contributed by atoms with van der Waals surface area (Å²) in [5.41, 5.74) is 0. The molecule has 0 radical (unpaired) electrons. The molecule has 0 aromatic carbocycles. The van der Waals surface area contributed by atoms with Gasteiger partial charge in [0.2, 0.25) is 0 Å². The average Bonchev–Trinajstić information content (AvgIpc) is 2.19. The molecule has 1 fully saturated rings. The van der Waals surface area contributed by atoms with Crippen molar-refractivity contribution >= 4 is 28.7 Å². The van der Waals surface area contributed by atoms with Crippen LogP contribution in [0.4, 0.5) is 4.79 Å². The zero-order valence-electron chi connectivity index (χ0n) is 9.21. The molecule has 1 rings (SSSR count). The summed E-state index contributed by atoms with van der Waals surface area (Å²) < 4.78 is 9.82. The van der Waals surface area contributed by atoms with Crippen molar-refractivity contribution < 1.29 is 14.3 Å². The minimum atomic E-state index is -0.535. The maximum absolute atomic E-state index is 11.0. The molecule has 88 valence electrons. The molecule has 0 N–H and O–H groups in total. The largest absolute Gasteiger partial charge is 0.509 e. The minimum absolute atomic E-state index is 0.0373. The van der Waals surface area contributed by atoms with Gasteiger partial charge in [-0.2, -0.15) is 0 Å². The summed E-state index contributed by atoms with van der Waals surface area (Å²) in [4.78, 5) is 11.0. The molecule has 1 aliphatic carbocycles. The molecule has 4 heteroatoms. The number of carbonyl (C=O) groups excluding carboxylic acids is 1. The van der Waals surface area contributed by atoms with Crippen LogP contribution in [0.25, 0.3) is 0 Å². The van der Waals surface area contributed by atoms with Crippen LogP contribution in [0.3, 0.4) is 0 Å². The second-order valence-corrected chi connectivity index (χ2v) is 5.34. The van der Waals surface area contributed by atoms with Crippen LogP contribution < -0.4 is 0 Å². The molecular formula is C11H19IO3. The molecule has 0 spiro atoms. The smallest absolute Gasteiger partial charge is 0.435 e. The highest BCUT2D eigenvalue weighted by molar-refractivity contribution is 14.1. The molecule has 0 aliphatic heterocycles. The second-order valence-electron chi connectivity index (χ2n) is 3.95. The fourth-order valence-electron chi connectivity index (χ4n) is 1.99. The fraction of sp³-hybridized carbons (Fsp3) is 0.909. The summed E-state index contributed by atoms with van der Waals surface area (Å²) in [5, 5.41) is 0. The van der Waals surface area contributed by atoms with Crippen LogP contribution in [0.5, 0.6) is 0 Å². The van der Waals surface area contributed by atoms with Gasteiger partial charge in [-0.1, -0.05) is 32.1 Å². The SMILES string of the molecule is CCOC(=O)OC(I)CC1CCCCC1. The lowest BCUT2D eigenvalue weighted by atomic mass is 9.87. The van der Waals surface area contributed by atoms with Crippen LogP contribution >= 0.6 is 22.6 Å². The highest BCUT2D eigenvalue weighted by Crippen LogP contribution is 2.29. The first-order valence-electron chi connectivity index (χ1n) is 5.70. The van der Waals surface area contributed by atoms with Gasteiger partial charge < -0.3 is 9.47 Å². The van der Waals surface area contributed by atoms with E-state index in [2.05, 4.69) is 22.6 Å². The predicted octanol–water partition coefficient (Wildman–Crippen LogP) is 3.89. The average molecular weight is 326 g/mol. The van der Waals surface area contributed by atoms with E-state index in [4.69, 9.17) is 9.47 Å². The minimum Gasteiger partial charge on any atom is -0.435 e. The first kappa shape index (κ1) is 13.1. The molecule has 0 saturated heterocycles. The zero-order valence-corrected chi connectivity index (χ0v) is 11.4. The molecular weight excluding hydrogens is 307 g/mol. The van der Waals surface area contributed by atoms with Gasteiger partial charge >= 0.3 is 6.16 Å². The van der Waals surface area contributed by atoms with Gasteiger partial charge in [0.25, 0.3) is 0 Å². The van der Waals surface area contributed by atoms with Crippen molar-refractivity contribution in [2.45, 2.75) is 49.6 Å². The summed E-state index contributed by atoms with van der Waals surface area (Å²) in [6, 6.07) is 0. The van der Waals surface area contributed by atoms with Crippen LogP contribution in [0, 0.1) is 5.92 Å². The Hall–Kier alpha value is 0. The number of hydrogen-bond acceptors (Lipinski definition) is 3. The van der Waals surface area contributed by atoms with Crippen LogP contribution in [-0.2, 0) is 9.47 Å². The van der Waals surface area contributed by atoms with Crippen LogP contribution in [-0.4, -0.2) is 16.9 Å². The number of alkyl halides is 1. The summed E-state index contributed by atoms with van der Waals surface area (Å²) in [7, 11) is 0. The van der Waals surface area contributed by atoms with Crippen molar-refractivity contribution in [3.63, 3.8) is 0 Å². The molecule has 3 nitrogen and oxygen atoms in total. The molecule has 1 saturated carbocycles. The van der Waals surface area contributed by atoms with Gasteiger partial charge in [-0.05, 0) is 41.9 Å². The Morgan fingerprint density at radius 1 is 1.40 bits per heavy atom. The molecule has 0 heterocycles. The number of rotatable bonds is 4. The first-order valence-corrected chi connectivity index (χ1v) is 6.94. The second kappa shape index (κ2) is 7.30. The highest BCUT2D eigenvalue weighted by atomic mass is 127. The molecule has 0 bridgehead atoms. The van der Waals surface area contributed by atoms with E-state index in [0.717, 1.165) is 12.3 Å². The van der Waals surface area contributed by atoms with Crippen LogP contribution in [0.15, 0.2) is 0 Å². The molecule has 1 unspecified atom stereocenters. The Bertz CT molecular complexity index is 190. The van der Waals surface area contributed by atoms with Crippen molar-refractivity contribution in [1.82, 2.24) is 0 Å². The maximum atomic E-state index is 11.0. The molecule has 0 aromatic heterocycles. The van der Waals surface area contributed by atoms with E-state index in [-0.39, 0.29) is 4.11 Å². The zero-order chi connectivity index (χ0) is 11.1. The van der Waals surface area contributed by atoms with Gasteiger partial charge in [0, 0.05) is 0 Å². The first-order chi connectivity index (χ1) is 7.22. The van der Waals surface area contributed by atoms with Gasteiger partial charge in [-0.3, -0.25) is 0 Å². The third-order valence-corrected chi connectivity index (χ3v) is 3.49. The predicted molar refractivity (Wildman–Crippen MR) is 67.1 cm³/mol. The van der Waals surface area contributed by atoms with Gasteiger partial charge in [-0.15, -0.1) is 0 Å². The van der Waals surface area contributed by atoms with E-state index in [1.807, 2.05) is 0 Å². The van der Waals surface area contributed by atoms with Gasteiger partial charge in [0.05, 0.1) is 6.61 Å². The Morgan fingerprint density at radius 3 is 2.67 bits per heavy atom. The number of hydrogen-bond donors (Lipinski definition) is 0. The number of carbonyl (C=O) groups is 1. The number of halogens is 1. The van der Waals surface area contributed by atoms with Crippen LogP contribution in [0.2, 0.25) is 0 Å². The van der Waals surface area contributed by atoms with Crippen molar-refractivity contribution in [3.8, 4) is 0 Å². The quantitative estimate of drug-likeness (QED) is 0.447. The topological polar surface area (TPSA) is 35.5 Å². The third-order valence-electron chi connectivity index (χ3n) is 2.73. The van der Waals surface area contributed by atoms with E-state index in [1.165, 1.54) is 32.1 Å². The monoisotopic (exact) mass is 326 g/mol. The normalized spacial score (nSPS) is 19.6. The summed E-state index contributed by atoms with van der Waals surface area (Å²) in [6.07, 6.45) is 7.02. The van der Waals surface area contributed by atoms with Gasteiger partial charge in [0.15, 0.2) is 4.11 Å². The standard InChI is InChI=1S/C11H19IO3/c1-2-14-11(13)15-10(12)8-9-6-4-3-5-7-9/h9-10H,2-8H2,1H3. The Balaban J connectivity index is 2.16. The van der Waals surface area contributed by atoms with E-state index in [1.54, 1.807) is 6.92 Å². The molecule has 0 aromatic rings. The lowest BCUT2D eigenvalue weighted by molar-refractivity contribution is 0.0483. The van der Waals surface area contributed by atoms with Crippen molar-refractivity contribution in [3.05, 3.63) is 0 Å². The lowest BCUT2D eigenvalue weighted by Gasteiger charge is -2.23. The van der Waals surface area contributed by atoms with Crippen molar-refractivity contribution in [2.24, 2.45) is 5.92 Å². The summed E-state index contributed by atoms with van der Waals surface area (Å²) in [6.45, 7) is 2.16. The summed E-state index contributed by atoms with van der Waals surface area (Å²) in [5.74, 6) is 0.732. The summed E-state index contributed by atoms with van der Waals surface area (Å²) >= 11 is 2.18. The van der Waals surface area contributed by atoms with Gasteiger partial charge in [0.1, 0.15) is 0 Å². The third kappa shape index (κ3) is 5.58. The molecule has 0 amide bonds. The Labute approximate surface area is 105 Å². The highest BCUT2D eigenvalue weighted by Gasteiger charge is 2.19. The number of ether oxygens (including phenoxy) is 2. The van der Waals surface area contributed by atoms with E-state index in [9.17, 15) is 4.79 Å². The van der Waals surface area contributed by atoms with E-state index >= 15 is 0 Å². The molecule has 15 heavy (non-hydrogen) atoms. The fourth-order valence-corrected chi connectivity index (χ4v) is 2.92. The van der Waals surface area contributed by atoms with Crippen LogP contribution in [0.1, 0.15) is 45.4 Å². The molecule has 1 atom stereocenters. The van der Waals surface area contributed by atoms with Gasteiger partial charge in [-0.25, -0.2) is 4.79 Å². The van der Waals surface area contributed by atoms with E-state index < -0.39 is 6.16 Å². The van der Waals surface area contributed by atoms with E-state index in [0.29, 0.717) is 6.61 Å². The lowest BCUT2D eigenvalue weighted by Crippen LogP contribution is -2.18. The van der Waals surface area contributed by atoms with Crippen molar-refractivity contribution in [1.29, 1.82) is 0 Å². The van der Waals surface area contributed by atoms with Crippen molar-refractivity contribution in [2.75, 3.05) is 6.61 Å².